The molecule has 2 aromatic rings. The van der Waals surface area contributed by atoms with E-state index in [9.17, 15) is 19.1 Å². The highest BCUT2D eigenvalue weighted by atomic mass is 19.1. The van der Waals surface area contributed by atoms with Crippen LogP contribution in [0.1, 0.15) is 28.2 Å². The zero-order chi connectivity index (χ0) is 19.3. The van der Waals surface area contributed by atoms with Crippen molar-refractivity contribution in [3.8, 4) is 5.75 Å². The van der Waals surface area contributed by atoms with Crippen LogP contribution in [0.2, 0.25) is 0 Å². The summed E-state index contributed by atoms with van der Waals surface area (Å²) < 4.78 is 18.6. The summed E-state index contributed by atoms with van der Waals surface area (Å²) >= 11 is 0. The summed E-state index contributed by atoms with van der Waals surface area (Å²) in [4.78, 5) is 23.5. The first-order chi connectivity index (χ1) is 12.3. The summed E-state index contributed by atoms with van der Waals surface area (Å²) in [5.41, 5.74) is 3.40. The highest BCUT2D eigenvalue weighted by molar-refractivity contribution is 5.80. The second kappa shape index (κ2) is 8.47. The van der Waals surface area contributed by atoms with E-state index in [1.807, 2.05) is 32.9 Å². The zero-order valence-electron chi connectivity index (χ0n) is 15.0. The molecule has 2 aromatic carbocycles. The highest BCUT2D eigenvalue weighted by Crippen LogP contribution is 2.24. The molecule has 0 spiro atoms. The first-order valence-electron chi connectivity index (χ1n) is 8.23. The van der Waals surface area contributed by atoms with Crippen molar-refractivity contribution in [2.45, 2.75) is 26.7 Å². The lowest BCUT2D eigenvalue weighted by Gasteiger charge is -2.15. The maximum absolute atomic E-state index is 13.0. The first kappa shape index (κ1) is 19.4. The van der Waals surface area contributed by atoms with Crippen molar-refractivity contribution in [3.63, 3.8) is 0 Å². The van der Waals surface area contributed by atoms with Crippen LogP contribution in [0.15, 0.2) is 36.4 Å². The van der Waals surface area contributed by atoms with E-state index in [0.717, 1.165) is 16.7 Å². The van der Waals surface area contributed by atoms with Crippen molar-refractivity contribution in [1.82, 2.24) is 5.32 Å². The van der Waals surface area contributed by atoms with Gasteiger partial charge in [-0.05, 0) is 49.6 Å². The van der Waals surface area contributed by atoms with Crippen molar-refractivity contribution >= 4 is 11.9 Å². The number of carboxylic acid groups (broad SMARTS) is 1. The Morgan fingerprint density at radius 2 is 1.69 bits per heavy atom. The van der Waals surface area contributed by atoms with Gasteiger partial charge in [-0.25, -0.2) is 4.39 Å². The molecule has 0 bridgehead atoms. The number of rotatable bonds is 7. The minimum absolute atomic E-state index is 0.102. The molecule has 0 heterocycles. The smallest absolute Gasteiger partial charge is 0.312 e. The number of carbonyl (C=O) groups excluding carboxylic acids is 1. The number of hydrogen-bond donors (Lipinski definition) is 2. The lowest BCUT2D eigenvalue weighted by molar-refractivity contribution is -0.138. The van der Waals surface area contributed by atoms with Gasteiger partial charge in [-0.3, -0.25) is 9.59 Å². The Bertz CT molecular complexity index is 779. The van der Waals surface area contributed by atoms with Gasteiger partial charge in [-0.2, -0.15) is 0 Å². The summed E-state index contributed by atoms with van der Waals surface area (Å²) in [6.07, 6.45) is 0. The third kappa shape index (κ3) is 5.05. The third-order valence-corrected chi connectivity index (χ3v) is 4.03. The number of carbonyl (C=O) groups is 2. The van der Waals surface area contributed by atoms with Gasteiger partial charge in [0.15, 0.2) is 6.61 Å². The molecule has 0 aromatic heterocycles. The fourth-order valence-corrected chi connectivity index (χ4v) is 2.84. The summed E-state index contributed by atoms with van der Waals surface area (Å²) in [6.45, 7) is 5.48. The number of carboxylic acids is 1. The Morgan fingerprint density at radius 3 is 2.23 bits per heavy atom. The van der Waals surface area contributed by atoms with Crippen LogP contribution in [0.25, 0.3) is 0 Å². The second-order valence-corrected chi connectivity index (χ2v) is 6.26. The molecule has 0 saturated carbocycles. The fourth-order valence-electron chi connectivity index (χ4n) is 2.84. The molecule has 1 unspecified atom stereocenters. The van der Waals surface area contributed by atoms with Gasteiger partial charge in [-0.1, -0.05) is 29.8 Å². The van der Waals surface area contributed by atoms with Gasteiger partial charge in [0.1, 0.15) is 11.6 Å². The lowest BCUT2D eigenvalue weighted by Crippen LogP contribution is -2.34. The minimum Gasteiger partial charge on any atom is -0.483 e. The second-order valence-electron chi connectivity index (χ2n) is 6.26. The first-order valence-corrected chi connectivity index (χ1v) is 8.23. The summed E-state index contributed by atoms with van der Waals surface area (Å²) in [7, 11) is 0. The van der Waals surface area contributed by atoms with Crippen LogP contribution >= 0.6 is 0 Å². The Kier molecular flexibility index (Phi) is 6.33. The molecule has 2 N–H and O–H groups in total. The van der Waals surface area contributed by atoms with Crippen LogP contribution in [0, 0.1) is 26.6 Å². The predicted molar refractivity (Wildman–Crippen MR) is 95.9 cm³/mol. The monoisotopic (exact) mass is 359 g/mol. The van der Waals surface area contributed by atoms with E-state index in [2.05, 4.69) is 5.32 Å². The van der Waals surface area contributed by atoms with Gasteiger partial charge in [0.25, 0.3) is 5.91 Å². The molecular formula is C20H22FNO4. The van der Waals surface area contributed by atoms with E-state index >= 15 is 0 Å². The molecule has 0 saturated heterocycles. The number of benzene rings is 2. The Balaban J connectivity index is 1.95. The van der Waals surface area contributed by atoms with Crippen LogP contribution in [0.5, 0.6) is 5.75 Å². The summed E-state index contributed by atoms with van der Waals surface area (Å²) in [5.74, 6) is -2.26. The molecule has 0 aliphatic rings. The fraction of sp³-hybridized carbons (Fsp3) is 0.300. The van der Waals surface area contributed by atoms with Gasteiger partial charge >= 0.3 is 5.97 Å². The molecule has 0 fully saturated rings. The highest BCUT2D eigenvalue weighted by Gasteiger charge is 2.21. The van der Waals surface area contributed by atoms with Gasteiger partial charge < -0.3 is 15.2 Å². The van der Waals surface area contributed by atoms with Crippen molar-refractivity contribution in [2.24, 2.45) is 0 Å². The molecule has 5 nitrogen and oxygen atoms in total. The molecule has 0 aliphatic heterocycles. The van der Waals surface area contributed by atoms with E-state index in [1.54, 1.807) is 0 Å². The number of aryl methyl sites for hydroxylation is 3. The Morgan fingerprint density at radius 1 is 1.12 bits per heavy atom. The SMILES string of the molecule is Cc1cc(C)c(OCC(=O)NCC(C(=O)O)c2ccc(F)cc2)c(C)c1. The predicted octanol–water partition coefficient (Wildman–Crippen LogP) is 3.11. The average molecular weight is 359 g/mol. The molecule has 2 rings (SSSR count). The number of hydrogen-bond acceptors (Lipinski definition) is 3. The number of amides is 1. The molecular weight excluding hydrogens is 337 g/mol. The molecule has 1 amide bonds. The summed E-state index contributed by atoms with van der Waals surface area (Å²) in [5, 5.41) is 11.9. The molecule has 0 radical (unpaired) electrons. The van der Waals surface area contributed by atoms with E-state index in [0.29, 0.717) is 11.3 Å². The van der Waals surface area contributed by atoms with E-state index in [4.69, 9.17) is 4.74 Å². The number of ether oxygens (including phenoxy) is 1. The van der Waals surface area contributed by atoms with Crippen molar-refractivity contribution < 1.29 is 23.8 Å². The number of halogens is 1. The summed E-state index contributed by atoms with van der Waals surface area (Å²) in [6, 6.07) is 9.12. The van der Waals surface area contributed by atoms with Crippen molar-refractivity contribution in [2.75, 3.05) is 13.2 Å². The van der Waals surface area contributed by atoms with Crippen molar-refractivity contribution in [3.05, 3.63) is 64.5 Å². The lowest BCUT2D eigenvalue weighted by atomic mass is 9.99. The van der Waals surface area contributed by atoms with E-state index in [1.165, 1.54) is 24.3 Å². The van der Waals surface area contributed by atoms with Crippen LogP contribution in [0.3, 0.4) is 0 Å². The zero-order valence-corrected chi connectivity index (χ0v) is 15.0. The maximum atomic E-state index is 13.0. The average Bonchev–Trinajstić information content (AvgIpc) is 2.55. The molecule has 138 valence electrons. The van der Waals surface area contributed by atoms with Gasteiger partial charge in [0, 0.05) is 6.54 Å². The third-order valence-electron chi connectivity index (χ3n) is 4.03. The number of nitrogens with one attached hydrogen (secondary N) is 1. The Labute approximate surface area is 151 Å². The minimum atomic E-state index is -1.09. The van der Waals surface area contributed by atoms with Gasteiger partial charge in [-0.15, -0.1) is 0 Å². The molecule has 1 atom stereocenters. The standard InChI is InChI=1S/C20H22FNO4/c1-12-8-13(2)19(14(3)9-12)26-11-18(23)22-10-17(20(24)25)15-4-6-16(21)7-5-15/h4-9,17H,10-11H2,1-3H3,(H,22,23)(H,24,25). The van der Waals surface area contributed by atoms with Crippen LogP contribution < -0.4 is 10.1 Å². The molecule has 0 aliphatic carbocycles. The van der Waals surface area contributed by atoms with Crippen LogP contribution in [-0.2, 0) is 9.59 Å². The number of aliphatic carboxylic acids is 1. The molecule has 26 heavy (non-hydrogen) atoms. The van der Waals surface area contributed by atoms with E-state index in [-0.39, 0.29) is 13.2 Å². The topological polar surface area (TPSA) is 75.6 Å². The van der Waals surface area contributed by atoms with Crippen LogP contribution in [-0.4, -0.2) is 30.1 Å². The van der Waals surface area contributed by atoms with Gasteiger partial charge in [0.2, 0.25) is 0 Å². The largest absolute Gasteiger partial charge is 0.483 e. The maximum Gasteiger partial charge on any atom is 0.312 e. The van der Waals surface area contributed by atoms with Crippen molar-refractivity contribution in [1.29, 1.82) is 0 Å². The normalized spacial score (nSPS) is 11.7. The van der Waals surface area contributed by atoms with Crippen LogP contribution in [0.4, 0.5) is 4.39 Å². The Hall–Kier alpha value is -2.89. The molecule has 6 heteroatoms. The quantitative estimate of drug-likeness (QED) is 0.796. The van der Waals surface area contributed by atoms with E-state index < -0.39 is 23.6 Å². The van der Waals surface area contributed by atoms with Gasteiger partial charge in [0.05, 0.1) is 5.92 Å².